The lowest BCUT2D eigenvalue weighted by Crippen LogP contribution is -2.35. The molecule has 0 saturated heterocycles. The molecule has 1 aromatic carbocycles. The van der Waals surface area contributed by atoms with Crippen molar-refractivity contribution in [3.05, 3.63) is 52.4 Å². The Hall–Kier alpha value is -1.68. The van der Waals surface area contributed by atoms with Crippen LogP contribution in [0, 0.1) is 0 Å². The summed E-state index contributed by atoms with van der Waals surface area (Å²) in [4.78, 5) is 12.4. The topological polar surface area (TPSA) is 94.8 Å². The average molecular weight is 460 g/mol. The Labute approximate surface area is 167 Å². The third-order valence-electron chi connectivity index (χ3n) is 3.52. The van der Waals surface area contributed by atoms with E-state index < -0.39 is 22.0 Å². The van der Waals surface area contributed by atoms with E-state index in [0.29, 0.717) is 13.2 Å². The van der Waals surface area contributed by atoms with Gasteiger partial charge in [-0.1, -0.05) is 15.9 Å². The summed E-state index contributed by atoms with van der Waals surface area (Å²) in [6, 6.07) is 9.25. The Morgan fingerprint density at radius 3 is 2.33 bits per heavy atom. The van der Waals surface area contributed by atoms with E-state index in [9.17, 15) is 13.2 Å². The maximum Gasteiger partial charge on any atom is 0.287 e. The monoisotopic (exact) mass is 459 g/mol. The number of rotatable bonds is 10. The summed E-state index contributed by atoms with van der Waals surface area (Å²) in [5, 5.41) is 2.65. The number of hydrogen-bond donors (Lipinski definition) is 1. The van der Waals surface area contributed by atoms with Crippen molar-refractivity contribution in [2.75, 3.05) is 19.8 Å². The number of nitrogens with one attached hydrogen (secondary N) is 1. The summed E-state index contributed by atoms with van der Waals surface area (Å²) in [6.45, 7) is 4.74. The number of benzene rings is 1. The zero-order valence-corrected chi connectivity index (χ0v) is 17.5. The standard InChI is InChI=1S/C18H22BrNO6S/c1-3-24-17(25-4-2)11-20-18(21)16-10-7-14(26-16)12-27(22,23)15-8-5-13(19)6-9-15/h5-10,17H,3-4,11-12H2,1-2H3,(H,20,21). The molecule has 0 fully saturated rings. The highest BCUT2D eigenvalue weighted by Crippen LogP contribution is 2.20. The van der Waals surface area contributed by atoms with Crippen LogP contribution in [0.5, 0.6) is 0 Å². The summed E-state index contributed by atoms with van der Waals surface area (Å²) in [5.41, 5.74) is 0. The van der Waals surface area contributed by atoms with Crippen LogP contribution in [0.2, 0.25) is 0 Å². The molecule has 1 N–H and O–H groups in total. The fourth-order valence-corrected chi connectivity index (χ4v) is 3.80. The van der Waals surface area contributed by atoms with Gasteiger partial charge in [0.15, 0.2) is 21.9 Å². The van der Waals surface area contributed by atoms with Crippen LogP contribution in [0.4, 0.5) is 0 Å². The quantitative estimate of drug-likeness (QED) is 0.548. The van der Waals surface area contributed by atoms with E-state index >= 15 is 0 Å². The number of carbonyl (C=O) groups is 1. The molecule has 1 heterocycles. The molecule has 0 bridgehead atoms. The van der Waals surface area contributed by atoms with Crippen LogP contribution in [0.25, 0.3) is 0 Å². The minimum Gasteiger partial charge on any atom is -0.455 e. The van der Waals surface area contributed by atoms with Gasteiger partial charge < -0.3 is 19.2 Å². The summed E-state index contributed by atoms with van der Waals surface area (Å²) in [6.07, 6.45) is -0.545. The lowest BCUT2D eigenvalue weighted by Gasteiger charge is -2.16. The van der Waals surface area contributed by atoms with Crippen LogP contribution >= 0.6 is 15.9 Å². The van der Waals surface area contributed by atoms with Crippen LogP contribution in [0.3, 0.4) is 0 Å². The van der Waals surface area contributed by atoms with Gasteiger partial charge in [0, 0.05) is 17.7 Å². The molecule has 0 aliphatic heterocycles. The molecular weight excluding hydrogens is 438 g/mol. The smallest absolute Gasteiger partial charge is 0.287 e. The maximum absolute atomic E-state index is 12.4. The van der Waals surface area contributed by atoms with E-state index in [2.05, 4.69) is 21.2 Å². The van der Waals surface area contributed by atoms with Crippen molar-refractivity contribution >= 4 is 31.7 Å². The predicted molar refractivity (Wildman–Crippen MR) is 103 cm³/mol. The molecule has 9 heteroatoms. The average Bonchev–Trinajstić information content (AvgIpc) is 3.08. The first-order valence-electron chi connectivity index (χ1n) is 8.44. The number of carbonyl (C=O) groups excluding carboxylic acids is 1. The lowest BCUT2D eigenvalue weighted by molar-refractivity contribution is -0.131. The maximum atomic E-state index is 12.4. The van der Waals surface area contributed by atoms with Crippen molar-refractivity contribution in [1.29, 1.82) is 0 Å². The SMILES string of the molecule is CCOC(CNC(=O)c1ccc(CS(=O)(=O)c2ccc(Br)cc2)o1)OCC. The highest BCUT2D eigenvalue weighted by atomic mass is 79.9. The summed E-state index contributed by atoms with van der Waals surface area (Å²) in [7, 11) is -3.57. The van der Waals surface area contributed by atoms with E-state index in [1.165, 1.54) is 24.3 Å². The number of furan rings is 1. The van der Waals surface area contributed by atoms with Crippen molar-refractivity contribution in [2.45, 2.75) is 30.8 Å². The Morgan fingerprint density at radius 1 is 1.11 bits per heavy atom. The minimum absolute atomic E-state index is 0.0303. The molecule has 7 nitrogen and oxygen atoms in total. The van der Waals surface area contributed by atoms with Gasteiger partial charge in [0.1, 0.15) is 11.5 Å². The Bertz CT molecular complexity index is 841. The van der Waals surface area contributed by atoms with Gasteiger partial charge in [-0.25, -0.2) is 8.42 Å². The lowest BCUT2D eigenvalue weighted by atomic mass is 10.4. The van der Waals surface area contributed by atoms with Gasteiger partial charge in [-0.3, -0.25) is 4.79 Å². The Balaban J connectivity index is 1.99. The largest absolute Gasteiger partial charge is 0.455 e. The van der Waals surface area contributed by atoms with Crippen LogP contribution < -0.4 is 5.32 Å². The van der Waals surface area contributed by atoms with Crippen molar-refractivity contribution in [2.24, 2.45) is 0 Å². The van der Waals surface area contributed by atoms with E-state index in [0.717, 1.165) is 4.47 Å². The number of halogens is 1. The van der Waals surface area contributed by atoms with Gasteiger partial charge in [0.2, 0.25) is 0 Å². The van der Waals surface area contributed by atoms with Gasteiger partial charge >= 0.3 is 0 Å². The van der Waals surface area contributed by atoms with Gasteiger partial charge in [-0.15, -0.1) is 0 Å². The first kappa shape index (κ1) is 21.6. The molecule has 0 spiro atoms. The van der Waals surface area contributed by atoms with E-state index in [1.54, 1.807) is 12.1 Å². The first-order chi connectivity index (χ1) is 12.9. The molecule has 0 unspecified atom stereocenters. The van der Waals surface area contributed by atoms with E-state index in [4.69, 9.17) is 13.9 Å². The van der Waals surface area contributed by atoms with Crippen LogP contribution in [-0.2, 0) is 25.1 Å². The highest BCUT2D eigenvalue weighted by molar-refractivity contribution is 9.10. The fourth-order valence-electron chi connectivity index (χ4n) is 2.29. The summed E-state index contributed by atoms with van der Waals surface area (Å²) < 4.78 is 41.8. The Morgan fingerprint density at radius 2 is 1.74 bits per heavy atom. The minimum atomic E-state index is -3.57. The van der Waals surface area contributed by atoms with E-state index in [1.807, 2.05) is 13.8 Å². The molecule has 0 atom stereocenters. The molecule has 148 valence electrons. The zero-order chi connectivity index (χ0) is 19.9. The fraction of sp³-hybridized carbons (Fsp3) is 0.389. The summed E-state index contributed by atoms with van der Waals surface area (Å²) in [5.74, 6) is -0.578. The van der Waals surface area contributed by atoms with Crippen molar-refractivity contribution in [3.63, 3.8) is 0 Å². The molecule has 0 aliphatic rings. The Kier molecular flexibility index (Phi) is 8.03. The number of ether oxygens (including phenoxy) is 2. The number of sulfone groups is 1. The normalized spacial score (nSPS) is 11.7. The molecular formula is C18H22BrNO6S. The van der Waals surface area contributed by atoms with Gasteiger partial charge in [0.25, 0.3) is 5.91 Å². The van der Waals surface area contributed by atoms with Crippen LogP contribution in [-0.4, -0.2) is 40.4 Å². The molecule has 0 aliphatic carbocycles. The second kappa shape index (κ2) is 10.0. The van der Waals surface area contributed by atoms with Crippen molar-refractivity contribution < 1.29 is 27.1 Å². The summed E-state index contributed by atoms with van der Waals surface area (Å²) >= 11 is 3.27. The molecule has 2 rings (SSSR count). The first-order valence-corrected chi connectivity index (χ1v) is 10.9. The van der Waals surface area contributed by atoms with Crippen LogP contribution in [0.15, 0.2) is 50.2 Å². The molecule has 0 radical (unpaired) electrons. The number of amides is 1. The second-order valence-corrected chi connectivity index (χ2v) is 8.43. The zero-order valence-electron chi connectivity index (χ0n) is 15.1. The third kappa shape index (κ3) is 6.46. The predicted octanol–water partition coefficient (Wildman–Crippen LogP) is 3.14. The van der Waals surface area contributed by atoms with E-state index in [-0.39, 0.29) is 28.7 Å². The third-order valence-corrected chi connectivity index (χ3v) is 5.71. The molecule has 1 aromatic heterocycles. The molecule has 1 amide bonds. The van der Waals surface area contributed by atoms with Gasteiger partial charge in [0.05, 0.1) is 11.4 Å². The molecule has 0 saturated carbocycles. The highest BCUT2D eigenvalue weighted by Gasteiger charge is 2.20. The molecule has 27 heavy (non-hydrogen) atoms. The van der Waals surface area contributed by atoms with Crippen LogP contribution in [0.1, 0.15) is 30.2 Å². The van der Waals surface area contributed by atoms with Gasteiger partial charge in [-0.05, 0) is 50.2 Å². The second-order valence-electron chi connectivity index (χ2n) is 5.53. The van der Waals surface area contributed by atoms with Crippen molar-refractivity contribution in [1.82, 2.24) is 5.32 Å². The molecule has 2 aromatic rings. The van der Waals surface area contributed by atoms with Gasteiger partial charge in [-0.2, -0.15) is 0 Å². The van der Waals surface area contributed by atoms with Crippen molar-refractivity contribution in [3.8, 4) is 0 Å². The number of hydrogen-bond acceptors (Lipinski definition) is 6.